The highest BCUT2D eigenvalue weighted by Gasteiger charge is 2.16. The number of nitrogens with zero attached hydrogens (tertiary/aromatic N) is 3. The second-order valence-corrected chi connectivity index (χ2v) is 5.74. The first-order valence-electron chi connectivity index (χ1n) is 6.27. The molecule has 1 amide bonds. The van der Waals surface area contributed by atoms with Gasteiger partial charge in [0.1, 0.15) is 12.1 Å². The number of aromatic nitrogens is 3. The molecule has 3 rings (SSSR count). The number of rotatable bonds is 3. The summed E-state index contributed by atoms with van der Waals surface area (Å²) in [7, 11) is 1.63. The number of pyridine rings is 1. The summed E-state index contributed by atoms with van der Waals surface area (Å²) in [5.41, 5.74) is 1.54. The van der Waals surface area contributed by atoms with E-state index in [1.54, 1.807) is 24.6 Å². The molecule has 0 saturated carbocycles. The fourth-order valence-electron chi connectivity index (χ4n) is 2.07. The monoisotopic (exact) mass is 286 g/mol. The first-order valence-corrected chi connectivity index (χ1v) is 7.09. The van der Waals surface area contributed by atoms with Crippen LogP contribution in [0.15, 0.2) is 30.5 Å². The molecule has 3 aromatic heterocycles. The highest BCUT2D eigenvalue weighted by Crippen LogP contribution is 2.29. The van der Waals surface area contributed by atoms with Crippen LogP contribution < -0.4 is 5.32 Å². The molecule has 0 saturated heterocycles. The second-order valence-electron chi connectivity index (χ2n) is 4.45. The third-order valence-electron chi connectivity index (χ3n) is 3.05. The standard InChI is InChI=1S/C14H14N4OS/c1-9-5-6-11(20-9)14-17-10-4-3-7-16-13(10)18(14)8-12(19)15-2/h3-7H,8H2,1-2H3,(H,15,19). The summed E-state index contributed by atoms with van der Waals surface area (Å²) in [4.78, 5) is 22.9. The van der Waals surface area contributed by atoms with Crippen LogP contribution in [0.3, 0.4) is 0 Å². The minimum absolute atomic E-state index is 0.0653. The van der Waals surface area contributed by atoms with Gasteiger partial charge in [-0.1, -0.05) is 0 Å². The van der Waals surface area contributed by atoms with Gasteiger partial charge in [-0.2, -0.15) is 0 Å². The molecule has 5 nitrogen and oxygen atoms in total. The smallest absolute Gasteiger partial charge is 0.239 e. The van der Waals surface area contributed by atoms with Gasteiger partial charge in [-0.05, 0) is 31.2 Å². The fraction of sp³-hybridized carbons (Fsp3) is 0.214. The number of aryl methyl sites for hydroxylation is 1. The number of thiophene rings is 1. The van der Waals surface area contributed by atoms with E-state index in [0.29, 0.717) is 0 Å². The molecule has 0 aliphatic heterocycles. The predicted octanol–water partition coefficient (Wildman–Crippen LogP) is 2.21. The molecule has 20 heavy (non-hydrogen) atoms. The topological polar surface area (TPSA) is 59.8 Å². The molecule has 0 aromatic carbocycles. The van der Waals surface area contributed by atoms with Crippen molar-refractivity contribution >= 4 is 28.4 Å². The molecule has 0 bridgehead atoms. The summed E-state index contributed by atoms with van der Waals surface area (Å²) < 4.78 is 1.86. The van der Waals surface area contributed by atoms with Gasteiger partial charge in [0.05, 0.1) is 4.88 Å². The largest absolute Gasteiger partial charge is 0.358 e. The molecule has 0 unspecified atom stereocenters. The van der Waals surface area contributed by atoms with E-state index in [-0.39, 0.29) is 12.5 Å². The SMILES string of the molecule is CNC(=O)Cn1c(-c2ccc(C)s2)nc2cccnc21. The van der Waals surface area contributed by atoms with Gasteiger partial charge in [0.15, 0.2) is 11.5 Å². The zero-order valence-electron chi connectivity index (χ0n) is 11.3. The van der Waals surface area contributed by atoms with Crippen molar-refractivity contribution in [3.05, 3.63) is 35.3 Å². The second kappa shape index (κ2) is 5.05. The first kappa shape index (κ1) is 12.8. The number of amides is 1. The number of carbonyl (C=O) groups excluding carboxylic acids is 1. The maximum atomic E-state index is 11.7. The van der Waals surface area contributed by atoms with E-state index < -0.39 is 0 Å². The normalized spacial score (nSPS) is 10.9. The average Bonchev–Trinajstić information content (AvgIpc) is 3.03. The van der Waals surface area contributed by atoms with Crippen molar-refractivity contribution in [1.82, 2.24) is 19.9 Å². The molecule has 0 spiro atoms. The van der Waals surface area contributed by atoms with Crippen LogP contribution in [0.4, 0.5) is 0 Å². The lowest BCUT2D eigenvalue weighted by molar-refractivity contribution is -0.121. The van der Waals surface area contributed by atoms with Gasteiger partial charge in [0, 0.05) is 18.1 Å². The molecular formula is C14H14N4OS. The van der Waals surface area contributed by atoms with Gasteiger partial charge in [-0.3, -0.25) is 9.36 Å². The number of fused-ring (bicyclic) bond motifs is 1. The Labute approximate surface area is 120 Å². The van der Waals surface area contributed by atoms with Crippen LogP contribution >= 0.6 is 11.3 Å². The molecular weight excluding hydrogens is 272 g/mol. The van der Waals surface area contributed by atoms with Crippen LogP contribution in [-0.4, -0.2) is 27.5 Å². The summed E-state index contributed by atoms with van der Waals surface area (Å²) >= 11 is 1.66. The molecule has 6 heteroatoms. The molecule has 3 aromatic rings. The quantitative estimate of drug-likeness (QED) is 0.803. The Morgan fingerprint density at radius 3 is 2.95 bits per heavy atom. The van der Waals surface area contributed by atoms with Gasteiger partial charge in [-0.25, -0.2) is 9.97 Å². The zero-order chi connectivity index (χ0) is 14.1. The van der Waals surface area contributed by atoms with Crippen LogP contribution in [0.2, 0.25) is 0 Å². The summed E-state index contributed by atoms with van der Waals surface area (Å²) in [6, 6.07) is 7.84. The number of hydrogen-bond donors (Lipinski definition) is 1. The molecule has 0 aliphatic rings. The van der Waals surface area contributed by atoms with Crippen molar-refractivity contribution in [2.45, 2.75) is 13.5 Å². The minimum Gasteiger partial charge on any atom is -0.358 e. The number of imidazole rings is 1. The van der Waals surface area contributed by atoms with Crippen molar-refractivity contribution in [2.24, 2.45) is 0 Å². The van der Waals surface area contributed by atoms with Crippen molar-refractivity contribution in [2.75, 3.05) is 7.05 Å². The Hall–Kier alpha value is -2.21. The predicted molar refractivity (Wildman–Crippen MR) is 79.6 cm³/mol. The molecule has 0 fully saturated rings. The van der Waals surface area contributed by atoms with Crippen LogP contribution in [0.5, 0.6) is 0 Å². The van der Waals surface area contributed by atoms with E-state index in [4.69, 9.17) is 0 Å². The number of carbonyl (C=O) groups is 1. The Morgan fingerprint density at radius 1 is 1.40 bits per heavy atom. The molecule has 3 heterocycles. The van der Waals surface area contributed by atoms with Crippen molar-refractivity contribution in [3.8, 4) is 10.7 Å². The summed E-state index contributed by atoms with van der Waals surface area (Å²) in [5.74, 6) is 0.727. The third-order valence-corrected chi connectivity index (χ3v) is 4.04. The van der Waals surface area contributed by atoms with Crippen LogP contribution in [0, 0.1) is 6.92 Å². The van der Waals surface area contributed by atoms with Gasteiger partial charge in [0.25, 0.3) is 0 Å². The van der Waals surface area contributed by atoms with Crippen LogP contribution in [0.25, 0.3) is 21.9 Å². The fourth-order valence-corrected chi connectivity index (χ4v) is 2.94. The molecule has 1 N–H and O–H groups in total. The van der Waals surface area contributed by atoms with E-state index in [0.717, 1.165) is 21.9 Å². The highest BCUT2D eigenvalue weighted by atomic mass is 32.1. The van der Waals surface area contributed by atoms with Crippen LogP contribution in [0.1, 0.15) is 4.88 Å². The lowest BCUT2D eigenvalue weighted by atomic mass is 10.4. The maximum absolute atomic E-state index is 11.7. The summed E-state index contributed by atoms with van der Waals surface area (Å²) in [6.45, 7) is 2.27. The molecule has 0 radical (unpaired) electrons. The van der Waals surface area contributed by atoms with Crippen molar-refractivity contribution in [3.63, 3.8) is 0 Å². The Balaban J connectivity index is 2.19. The lowest BCUT2D eigenvalue weighted by Gasteiger charge is -2.06. The van der Waals surface area contributed by atoms with Gasteiger partial charge in [-0.15, -0.1) is 11.3 Å². The molecule has 0 aliphatic carbocycles. The summed E-state index contributed by atoms with van der Waals surface area (Å²) in [6.07, 6.45) is 1.72. The Kier molecular flexibility index (Phi) is 3.23. The lowest BCUT2D eigenvalue weighted by Crippen LogP contribution is -2.23. The zero-order valence-corrected chi connectivity index (χ0v) is 12.1. The molecule has 0 atom stereocenters. The number of hydrogen-bond acceptors (Lipinski definition) is 4. The van der Waals surface area contributed by atoms with Gasteiger partial charge in [0.2, 0.25) is 5.91 Å². The highest BCUT2D eigenvalue weighted by molar-refractivity contribution is 7.15. The van der Waals surface area contributed by atoms with Gasteiger partial charge < -0.3 is 5.32 Å². The van der Waals surface area contributed by atoms with Crippen LogP contribution in [-0.2, 0) is 11.3 Å². The Morgan fingerprint density at radius 2 is 2.25 bits per heavy atom. The van der Waals surface area contributed by atoms with E-state index >= 15 is 0 Å². The van der Waals surface area contributed by atoms with E-state index in [1.807, 2.05) is 22.8 Å². The van der Waals surface area contributed by atoms with E-state index in [9.17, 15) is 4.79 Å². The number of likely N-dealkylation sites (N-methyl/N-ethyl adjacent to an activating group) is 1. The minimum atomic E-state index is -0.0653. The molecule has 102 valence electrons. The van der Waals surface area contributed by atoms with E-state index in [1.165, 1.54) is 4.88 Å². The van der Waals surface area contributed by atoms with E-state index in [2.05, 4.69) is 28.3 Å². The maximum Gasteiger partial charge on any atom is 0.239 e. The number of nitrogens with one attached hydrogen (secondary N) is 1. The van der Waals surface area contributed by atoms with Crippen molar-refractivity contribution < 1.29 is 4.79 Å². The summed E-state index contributed by atoms with van der Waals surface area (Å²) in [5, 5.41) is 2.64. The Bertz CT molecular complexity index is 774. The average molecular weight is 286 g/mol. The van der Waals surface area contributed by atoms with Crippen molar-refractivity contribution in [1.29, 1.82) is 0 Å². The third kappa shape index (κ3) is 2.18. The first-order chi connectivity index (χ1) is 9.69. The van der Waals surface area contributed by atoms with Gasteiger partial charge >= 0.3 is 0 Å².